The fourth-order valence-electron chi connectivity index (χ4n) is 2.08. The third-order valence-corrected chi connectivity index (χ3v) is 3.26. The van der Waals surface area contributed by atoms with E-state index in [1.54, 1.807) is 24.7 Å². The lowest BCUT2D eigenvalue weighted by atomic mass is 10.2. The molecule has 0 fully saturated rings. The Kier molecular flexibility index (Phi) is 3.91. The first-order valence-electron chi connectivity index (χ1n) is 6.91. The summed E-state index contributed by atoms with van der Waals surface area (Å²) < 4.78 is 0. The van der Waals surface area contributed by atoms with E-state index in [0.717, 1.165) is 11.3 Å². The summed E-state index contributed by atoms with van der Waals surface area (Å²) >= 11 is 0. The summed E-state index contributed by atoms with van der Waals surface area (Å²) in [5.74, 6) is -0.221. The molecule has 0 bridgehead atoms. The average Bonchev–Trinajstić information content (AvgIpc) is 3.06. The minimum Gasteiger partial charge on any atom is -0.343 e. The first-order chi connectivity index (χ1) is 10.7. The van der Waals surface area contributed by atoms with Gasteiger partial charge in [0.1, 0.15) is 5.69 Å². The summed E-state index contributed by atoms with van der Waals surface area (Å²) in [5.41, 5.74) is 2.75. The van der Waals surface area contributed by atoms with Gasteiger partial charge >= 0.3 is 0 Å². The molecule has 1 atom stereocenters. The van der Waals surface area contributed by atoms with Crippen LogP contribution in [0, 0.1) is 0 Å². The van der Waals surface area contributed by atoms with Gasteiger partial charge in [-0.1, -0.05) is 6.07 Å². The smallest absolute Gasteiger partial charge is 0.269 e. The summed E-state index contributed by atoms with van der Waals surface area (Å²) in [5, 5.41) is 9.79. The average molecular weight is 293 g/mol. The molecule has 0 aliphatic rings. The van der Waals surface area contributed by atoms with Crippen LogP contribution in [0.2, 0.25) is 0 Å². The van der Waals surface area contributed by atoms with E-state index in [1.165, 1.54) is 0 Å². The molecule has 0 saturated heterocycles. The molecule has 3 aromatic rings. The topological polar surface area (TPSA) is 83.6 Å². The third kappa shape index (κ3) is 3.01. The molecular formula is C16H15N5O. The number of hydrogen-bond acceptors (Lipinski definition) is 4. The Morgan fingerprint density at radius 3 is 2.86 bits per heavy atom. The van der Waals surface area contributed by atoms with Gasteiger partial charge in [0, 0.05) is 24.2 Å². The van der Waals surface area contributed by atoms with E-state index in [0.29, 0.717) is 11.4 Å². The molecule has 0 aromatic carbocycles. The molecule has 0 saturated carbocycles. The molecule has 2 N–H and O–H groups in total. The van der Waals surface area contributed by atoms with Crippen LogP contribution >= 0.6 is 0 Å². The third-order valence-electron chi connectivity index (χ3n) is 3.26. The Labute approximate surface area is 127 Å². The summed E-state index contributed by atoms with van der Waals surface area (Å²) in [6.45, 7) is 1.89. The largest absolute Gasteiger partial charge is 0.343 e. The van der Waals surface area contributed by atoms with Gasteiger partial charge < -0.3 is 5.32 Å². The summed E-state index contributed by atoms with van der Waals surface area (Å²) in [6, 6.07) is 10.8. The predicted octanol–water partition coefficient (Wildman–Crippen LogP) is 2.36. The molecular weight excluding hydrogens is 278 g/mol. The SMILES string of the molecule is C[C@H](NC(=O)c1cc(-c2cccnc2)n[nH]1)c1ccccn1. The van der Waals surface area contributed by atoms with Crippen molar-refractivity contribution < 1.29 is 4.79 Å². The maximum atomic E-state index is 12.2. The van der Waals surface area contributed by atoms with Crippen LogP contribution in [0.4, 0.5) is 0 Å². The number of rotatable bonds is 4. The zero-order valence-electron chi connectivity index (χ0n) is 12.0. The molecule has 1 amide bonds. The van der Waals surface area contributed by atoms with Gasteiger partial charge in [-0.2, -0.15) is 5.10 Å². The van der Waals surface area contributed by atoms with Gasteiger partial charge in [-0.15, -0.1) is 0 Å². The molecule has 6 nitrogen and oxygen atoms in total. The van der Waals surface area contributed by atoms with Gasteiger partial charge in [0.05, 0.1) is 17.4 Å². The normalized spacial score (nSPS) is 11.9. The van der Waals surface area contributed by atoms with E-state index >= 15 is 0 Å². The van der Waals surface area contributed by atoms with Crippen LogP contribution in [0.1, 0.15) is 29.1 Å². The number of amides is 1. The molecule has 0 aliphatic carbocycles. The second kappa shape index (κ2) is 6.17. The molecule has 110 valence electrons. The lowest BCUT2D eigenvalue weighted by molar-refractivity contribution is 0.0934. The van der Waals surface area contributed by atoms with Crippen LogP contribution in [0.25, 0.3) is 11.3 Å². The molecule has 3 aromatic heterocycles. The highest BCUT2D eigenvalue weighted by molar-refractivity contribution is 5.93. The van der Waals surface area contributed by atoms with E-state index in [-0.39, 0.29) is 11.9 Å². The van der Waals surface area contributed by atoms with Gasteiger partial charge in [-0.05, 0) is 37.3 Å². The minimum atomic E-state index is -0.221. The van der Waals surface area contributed by atoms with Crippen LogP contribution in [-0.4, -0.2) is 26.1 Å². The van der Waals surface area contributed by atoms with Gasteiger partial charge in [0.25, 0.3) is 5.91 Å². The molecule has 22 heavy (non-hydrogen) atoms. The van der Waals surface area contributed by atoms with Gasteiger partial charge in [-0.3, -0.25) is 19.9 Å². The summed E-state index contributed by atoms with van der Waals surface area (Å²) in [6.07, 6.45) is 5.10. The first kappa shape index (κ1) is 13.9. The number of carbonyl (C=O) groups excluding carboxylic acids is 1. The highest BCUT2D eigenvalue weighted by Crippen LogP contribution is 2.16. The Morgan fingerprint density at radius 2 is 2.14 bits per heavy atom. The van der Waals surface area contributed by atoms with E-state index < -0.39 is 0 Å². The molecule has 0 radical (unpaired) electrons. The number of hydrogen-bond donors (Lipinski definition) is 2. The van der Waals surface area contributed by atoms with E-state index in [4.69, 9.17) is 0 Å². The lowest BCUT2D eigenvalue weighted by Gasteiger charge is -2.12. The first-order valence-corrected chi connectivity index (χ1v) is 6.91. The quantitative estimate of drug-likeness (QED) is 0.773. The monoisotopic (exact) mass is 293 g/mol. The van der Waals surface area contributed by atoms with E-state index in [1.807, 2.05) is 37.3 Å². The number of nitrogens with zero attached hydrogens (tertiary/aromatic N) is 3. The number of aromatic nitrogens is 4. The second-order valence-electron chi connectivity index (χ2n) is 4.86. The van der Waals surface area contributed by atoms with Gasteiger partial charge in [0.2, 0.25) is 0 Å². The van der Waals surface area contributed by atoms with Crippen LogP contribution in [0.5, 0.6) is 0 Å². The Balaban J connectivity index is 1.72. The van der Waals surface area contributed by atoms with Crippen LogP contribution < -0.4 is 5.32 Å². The van der Waals surface area contributed by atoms with Crippen molar-refractivity contribution in [1.82, 2.24) is 25.5 Å². The van der Waals surface area contributed by atoms with Crippen molar-refractivity contribution in [2.75, 3.05) is 0 Å². The molecule has 3 heterocycles. The van der Waals surface area contributed by atoms with Crippen molar-refractivity contribution >= 4 is 5.91 Å². The number of nitrogens with one attached hydrogen (secondary N) is 2. The standard InChI is InChI=1S/C16H15N5O/c1-11(13-6-2-3-8-18-13)19-16(22)15-9-14(20-21-15)12-5-4-7-17-10-12/h2-11H,1H3,(H,19,22)(H,20,21)/t11-/m0/s1. The van der Waals surface area contributed by atoms with Gasteiger partial charge in [-0.25, -0.2) is 0 Å². The molecule has 0 spiro atoms. The van der Waals surface area contributed by atoms with Crippen molar-refractivity contribution in [3.8, 4) is 11.3 Å². The number of aromatic amines is 1. The van der Waals surface area contributed by atoms with Crippen molar-refractivity contribution in [2.45, 2.75) is 13.0 Å². The summed E-state index contributed by atoms with van der Waals surface area (Å²) in [4.78, 5) is 20.5. The zero-order chi connectivity index (χ0) is 15.4. The van der Waals surface area contributed by atoms with Crippen molar-refractivity contribution in [2.24, 2.45) is 0 Å². The van der Waals surface area contributed by atoms with Crippen LogP contribution in [0.15, 0.2) is 55.0 Å². The predicted molar refractivity (Wildman–Crippen MR) is 81.9 cm³/mol. The Hall–Kier alpha value is -3.02. The number of carbonyl (C=O) groups is 1. The number of pyridine rings is 2. The molecule has 6 heteroatoms. The highest BCUT2D eigenvalue weighted by Gasteiger charge is 2.15. The highest BCUT2D eigenvalue weighted by atomic mass is 16.2. The lowest BCUT2D eigenvalue weighted by Crippen LogP contribution is -2.27. The maximum absolute atomic E-state index is 12.2. The fourth-order valence-corrected chi connectivity index (χ4v) is 2.08. The van der Waals surface area contributed by atoms with E-state index in [9.17, 15) is 4.79 Å². The van der Waals surface area contributed by atoms with Crippen LogP contribution in [-0.2, 0) is 0 Å². The second-order valence-corrected chi connectivity index (χ2v) is 4.86. The Morgan fingerprint density at radius 1 is 1.23 bits per heavy atom. The number of H-pyrrole nitrogens is 1. The van der Waals surface area contributed by atoms with Crippen molar-refractivity contribution in [3.05, 3.63) is 66.4 Å². The van der Waals surface area contributed by atoms with Gasteiger partial charge in [0.15, 0.2) is 0 Å². The summed E-state index contributed by atoms with van der Waals surface area (Å²) in [7, 11) is 0. The maximum Gasteiger partial charge on any atom is 0.269 e. The molecule has 0 unspecified atom stereocenters. The molecule has 0 aliphatic heterocycles. The van der Waals surface area contributed by atoms with E-state index in [2.05, 4.69) is 25.5 Å². The zero-order valence-corrected chi connectivity index (χ0v) is 12.0. The fraction of sp³-hybridized carbons (Fsp3) is 0.125. The van der Waals surface area contributed by atoms with Crippen molar-refractivity contribution in [3.63, 3.8) is 0 Å². The minimum absolute atomic E-state index is 0.182. The van der Waals surface area contributed by atoms with Crippen molar-refractivity contribution in [1.29, 1.82) is 0 Å². The Bertz CT molecular complexity index is 754. The van der Waals surface area contributed by atoms with Crippen LogP contribution in [0.3, 0.4) is 0 Å². The molecule has 3 rings (SSSR count).